The Morgan fingerprint density at radius 2 is 0.776 bits per heavy atom. The number of hydrogen-bond donors (Lipinski definition) is 0. The second-order valence-corrected chi connectivity index (χ2v) is 21.8. The lowest BCUT2D eigenvalue weighted by molar-refractivity contribution is 0.381. The van der Waals surface area contributed by atoms with Crippen LogP contribution in [-0.4, -0.2) is 28.3 Å². The molecule has 0 radical (unpaired) electrons. The summed E-state index contributed by atoms with van der Waals surface area (Å²) in [4.78, 5) is 0. The van der Waals surface area contributed by atoms with Crippen LogP contribution in [0.25, 0.3) is 65.7 Å². The van der Waals surface area contributed by atoms with Crippen molar-refractivity contribution in [1.29, 1.82) is 0 Å². The van der Waals surface area contributed by atoms with Crippen LogP contribution >= 0.6 is 8.16 Å². The molecule has 0 spiro atoms. The highest BCUT2D eigenvalue weighted by molar-refractivity contribution is 7.38. The summed E-state index contributed by atoms with van der Waals surface area (Å²) in [7, 11) is 6.07. The molecule has 304 valence electrons. The molecule has 0 unspecified atom stereocenters. The van der Waals surface area contributed by atoms with Crippen molar-refractivity contribution >= 4 is 51.6 Å². The number of hydrogen-bond acceptors (Lipinski definition) is 5. The van der Waals surface area contributed by atoms with Crippen molar-refractivity contribution in [3.63, 3.8) is 0 Å². The van der Waals surface area contributed by atoms with Crippen LogP contribution in [-0.2, 0) is 21.7 Å². The van der Waals surface area contributed by atoms with E-state index < -0.39 is 8.16 Å². The normalized spacial score (nSPS) is 13.0. The molecule has 0 bridgehead atoms. The van der Waals surface area contributed by atoms with Gasteiger partial charge in [-0.3, -0.25) is 0 Å². The van der Waals surface area contributed by atoms with E-state index in [1.807, 2.05) is 14.1 Å². The maximum absolute atomic E-state index is 7.35. The summed E-state index contributed by atoms with van der Waals surface area (Å²) in [6.45, 7) is 27.1. The number of methoxy groups -OCH3 is 2. The Bertz CT molecular complexity index is 2510. The summed E-state index contributed by atoms with van der Waals surface area (Å²) in [6.07, 6.45) is 0. The molecule has 7 aromatic rings. The molecule has 0 saturated heterocycles. The lowest BCUT2D eigenvalue weighted by Crippen LogP contribution is -2.19. The van der Waals surface area contributed by atoms with Crippen molar-refractivity contribution in [3.05, 3.63) is 107 Å². The van der Waals surface area contributed by atoms with Gasteiger partial charge in [0.05, 0.1) is 14.2 Å². The Morgan fingerprint density at radius 1 is 0.466 bits per heavy atom. The van der Waals surface area contributed by atoms with Gasteiger partial charge in [0, 0.05) is 58.2 Å². The van der Waals surface area contributed by atoms with Gasteiger partial charge in [-0.05, 0) is 90.7 Å². The van der Waals surface area contributed by atoms with E-state index in [0.29, 0.717) is 0 Å². The summed E-state index contributed by atoms with van der Waals surface area (Å²) >= 11 is 0. The summed E-state index contributed by atoms with van der Waals surface area (Å²) < 4.78 is 29.2. The second-order valence-electron chi connectivity index (χ2n) is 20.2. The molecule has 0 saturated carbocycles. The van der Waals surface area contributed by atoms with Crippen molar-refractivity contribution in [2.75, 3.05) is 33.0 Å². The van der Waals surface area contributed by atoms with E-state index in [1.165, 1.54) is 0 Å². The summed E-state index contributed by atoms with van der Waals surface area (Å²) in [5, 5.41) is 6.58. The van der Waals surface area contributed by atoms with Crippen molar-refractivity contribution in [2.24, 2.45) is 0 Å². The van der Waals surface area contributed by atoms with Gasteiger partial charge in [-0.25, -0.2) is 4.67 Å². The fraction of sp³-hybridized carbons (Fsp3) is 0.385. The Hall–Kier alpha value is -4.70. The summed E-state index contributed by atoms with van der Waals surface area (Å²) in [5.41, 5.74) is 9.84. The zero-order valence-corrected chi connectivity index (χ0v) is 38.5. The largest absolute Gasteiger partial charge is 0.496 e. The van der Waals surface area contributed by atoms with Crippen LogP contribution in [0.1, 0.15) is 105 Å². The van der Waals surface area contributed by atoms with Crippen molar-refractivity contribution in [2.45, 2.75) is 105 Å². The zero-order valence-electron chi connectivity index (χ0n) is 37.6. The first-order valence-electron chi connectivity index (χ1n) is 20.5. The molecule has 0 atom stereocenters. The Morgan fingerprint density at radius 3 is 1.05 bits per heavy atom. The molecule has 1 aromatic heterocycles. The molecule has 0 aliphatic heterocycles. The lowest BCUT2D eigenvalue weighted by atomic mass is 9.77. The average molecular weight is 796 g/mol. The van der Waals surface area contributed by atoms with Gasteiger partial charge in [-0.2, -0.15) is 0 Å². The van der Waals surface area contributed by atoms with E-state index in [-0.39, 0.29) is 21.7 Å². The molecule has 0 amide bonds. The molecular formula is C52H62NO4P. The first kappa shape index (κ1) is 41.5. The third-order valence-electron chi connectivity index (χ3n) is 11.4. The summed E-state index contributed by atoms with van der Waals surface area (Å²) in [5.74, 6) is 1.89. The van der Waals surface area contributed by atoms with Crippen LogP contribution in [0.3, 0.4) is 0 Å². The van der Waals surface area contributed by atoms with Crippen molar-refractivity contribution in [1.82, 2.24) is 0 Å². The van der Waals surface area contributed by atoms with Crippen molar-refractivity contribution < 1.29 is 17.9 Å². The standard InChI is InChI=1S/C52H62NO4P/c1-49(2,3)39-27-33(28-40(47(39)54-15)50(4,5)6)37-25-31-21-17-19-23-35(31)43-44-36-24-20-18-22-32(36)26-38(46(44)57-58(53(13)14)56-45(37)43)34-29-41(51(7,8)9)48(55-16)42(30-34)52(10,11)12/h17-30H,1-16H3. The van der Waals surface area contributed by atoms with Crippen LogP contribution in [0.4, 0.5) is 0 Å². The average Bonchev–Trinajstić information content (AvgIpc) is 3.33. The number of fused-ring (bicyclic) bond motifs is 7. The third kappa shape index (κ3) is 7.30. The van der Waals surface area contributed by atoms with E-state index in [2.05, 4.69) is 173 Å². The molecule has 5 nitrogen and oxygen atoms in total. The second kappa shape index (κ2) is 14.5. The molecule has 0 aliphatic carbocycles. The van der Waals surface area contributed by atoms with Crippen LogP contribution < -0.4 is 14.1 Å². The monoisotopic (exact) mass is 795 g/mol. The van der Waals surface area contributed by atoms with Gasteiger partial charge >= 0.3 is 8.16 Å². The lowest BCUT2D eigenvalue weighted by Gasteiger charge is -2.30. The zero-order chi connectivity index (χ0) is 42.3. The smallest absolute Gasteiger partial charge is 0.309 e. The van der Waals surface area contributed by atoms with Crippen LogP contribution in [0, 0.1) is 0 Å². The van der Waals surface area contributed by atoms with Crippen LogP contribution in [0.5, 0.6) is 11.5 Å². The highest BCUT2D eigenvalue weighted by Gasteiger charge is 2.31. The quantitative estimate of drug-likeness (QED) is 0.174. The molecule has 7 rings (SSSR count). The van der Waals surface area contributed by atoms with E-state index in [0.717, 1.165) is 99.5 Å². The van der Waals surface area contributed by atoms with Gasteiger partial charge in [0.2, 0.25) is 0 Å². The molecule has 0 fully saturated rings. The molecule has 58 heavy (non-hydrogen) atoms. The number of rotatable bonds is 5. The molecule has 6 aromatic carbocycles. The van der Waals surface area contributed by atoms with E-state index in [4.69, 9.17) is 17.9 Å². The SMILES string of the molecule is COc1c(C(C)(C)C)cc(-c2cc3ccccc3c3c2op(N(C)C)oc2c(-c4cc(C(C)(C)C)c(OC)c(C(C)(C)C)c4)cc4ccccc4c23)cc1C(C)(C)C. The van der Waals surface area contributed by atoms with E-state index in [9.17, 15) is 0 Å². The third-order valence-corrected chi connectivity index (χ3v) is 12.7. The minimum atomic E-state index is -1.61. The molecule has 0 N–H and O–H groups in total. The number of nitrogens with zero attached hydrogens (tertiary/aromatic N) is 1. The predicted octanol–water partition coefficient (Wildman–Crippen LogP) is 15.3. The first-order valence-corrected chi connectivity index (χ1v) is 21.6. The fourth-order valence-electron chi connectivity index (χ4n) is 8.35. The molecule has 1 heterocycles. The van der Waals surface area contributed by atoms with Gasteiger partial charge < -0.3 is 17.9 Å². The molecule has 6 heteroatoms. The molecule has 0 aliphatic rings. The van der Waals surface area contributed by atoms with Gasteiger partial charge in [0.15, 0.2) is 11.2 Å². The predicted molar refractivity (Wildman–Crippen MR) is 250 cm³/mol. The van der Waals surface area contributed by atoms with Gasteiger partial charge in [0.1, 0.15) is 11.5 Å². The van der Waals surface area contributed by atoms with E-state index >= 15 is 0 Å². The Balaban J connectivity index is 1.78. The van der Waals surface area contributed by atoms with Crippen molar-refractivity contribution in [3.8, 4) is 33.8 Å². The first-order chi connectivity index (χ1) is 27.0. The molecular weight excluding hydrogens is 734 g/mol. The van der Waals surface area contributed by atoms with E-state index in [1.54, 1.807) is 14.2 Å². The maximum atomic E-state index is 7.35. The van der Waals surface area contributed by atoms with Gasteiger partial charge in [0.25, 0.3) is 0 Å². The number of ether oxygens (including phenoxy) is 2. The van der Waals surface area contributed by atoms with Gasteiger partial charge in [-0.15, -0.1) is 0 Å². The maximum Gasteiger partial charge on any atom is 0.309 e. The minimum absolute atomic E-state index is 0.177. The fourth-order valence-corrected chi connectivity index (χ4v) is 9.40. The highest BCUT2D eigenvalue weighted by Crippen LogP contribution is 2.51. The number of benzene rings is 6. The highest BCUT2D eigenvalue weighted by atomic mass is 31.1. The van der Waals surface area contributed by atoms with Crippen LogP contribution in [0.2, 0.25) is 0 Å². The van der Waals surface area contributed by atoms with Gasteiger partial charge in [-0.1, -0.05) is 132 Å². The Labute approximate surface area is 346 Å². The topological polar surface area (TPSA) is 48.0 Å². The summed E-state index contributed by atoms with van der Waals surface area (Å²) in [6, 6.07) is 31.3. The minimum Gasteiger partial charge on any atom is -0.496 e. The van der Waals surface area contributed by atoms with Crippen LogP contribution in [0.15, 0.2) is 93.3 Å². The Kier molecular flexibility index (Phi) is 10.4.